The van der Waals surface area contributed by atoms with Crippen molar-refractivity contribution < 1.29 is 9.63 Å². The zero-order chi connectivity index (χ0) is 7.56. The summed E-state index contributed by atoms with van der Waals surface area (Å²) in [7, 11) is 1.60. The number of carbonyl (C=O) groups is 1. The average Bonchev–Trinajstić information content (AvgIpc) is 2.34. The molecule has 1 aliphatic heterocycles. The fourth-order valence-electron chi connectivity index (χ4n) is 1.13. The van der Waals surface area contributed by atoms with E-state index in [1.165, 1.54) is 0 Å². The number of amides is 1. The molecule has 0 saturated carbocycles. The molecule has 4 nitrogen and oxygen atoms in total. The third-order valence-corrected chi connectivity index (χ3v) is 1.81. The standard InChI is InChI=1S/C6H12N2O2/c1-10-8-3-2-5(4-8)6(7)9/h5H,2-4H2,1H3,(H2,7,9). The third-order valence-electron chi connectivity index (χ3n) is 1.81. The van der Waals surface area contributed by atoms with E-state index in [0.717, 1.165) is 13.0 Å². The molecule has 4 heteroatoms. The summed E-state index contributed by atoms with van der Waals surface area (Å²) in [5.74, 6) is -0.237. The molecule has 2 N–H and O–H groups in total. The molecule has 1 atom stereocenters. The van der Waals surface area contributed by atoms with E-state index in [0.29, 0.717) is 6.54 Å². The largest absolute Gasteiger partial charge is 0.369 e. The Balaban J connectivity index is 2.35. The van der Waals surface area contributed by atoms with Gasteiger partial charge in [0, 0.05) is 13.1 Å². The second-order valence-corrected chi connectivity index (χ2v) is 2.46. The van der Waals surface area contributed by atoms with Gasteiger partial charge in [-0.1, -0.05) is 0 Å². The van der Waals surface area contributed by atoms with Gasteiger partial charge >= 0.3 is 0 Å². The van der Waals surface area contributed by atoms with Crippen molar-refractivity contribution in [1.82, 2.24) is 5.06 Å². The second-order valence-electron chi connectivity index (χ2n) is 2.46. The molecular weight excluding hydrogens is 132 g/mol. The molecule has 1 amide bonds. The van der Waals surface area contributed by atoms with Crippen molar-refractivity contribution in [3.63, 3.8) is 0 Å². The molecule has 1 saturated heterocycles. The molecule has 1 heterocycles. The lowest BCUT2D eigenvalue weighted by molar-refractivity contribution is -0.128. The number of carbonyl (C=O) groups excluding carboxylic acids is 1. The summed E-state index contributed by atoms with van der Waals surface area (Å²) in [5, 5.41) is 1.75. The van der Waals surface area contributed by atoms with Gasteiger partial charge in [0.25, 0.3) is 0 Å². The molecular formula is C6H12N2O2. The zero-order valence-corrected chi connectivity index (χ0v) is 6.04. The fraction of sp³-hybridized carbons (Fsp3) is 0.833. The van der Waals surface area contributed by atoms with Crippen LogP contribution in [0.5, 0.6) is 0 Å². The van der Waals surface area contributed by atoms with Gasteiger partial charge < -0.3 is 10.6 Å². The Bertz CT molecular complexity index is 138. The maximum Gasteiger partial charge on any atom is 0.221 e. The van der Waals surface area contributed by atoms with E-state index in [9.17, 15) is 4.79 Å². The summed E-state index contributed by atoms with van der Waals surface area (Å²) in [5.41, 5.74) is 5.09. The Labute approximate surface area is 59.9 Å². The minimum absolute atomic E-state index is 0.0139. The Morgan fingerprint density at radius 2 is 2.50 bits per heavy atom. The Kier molecular flexibility index (Phi) is 2.24. The highest BCUT2D eigenvalue weighted by atomic mass is 16.7. The number of rotatable bonds is 2. The Morgan fingerprint density at radius 1 is 1.80 bits per heavy atom. The Hall–Kier alpha value is -0.610. The summed E-state index contributed by atoms with van der Waals surface area (Å²) < 4.78 is 0. The first-order valence-electron chi connectivity index (χ1n) is 3.32. The first kappa shape index (κ1) is 7.50. The number of nitrogens with two attached hydrogens (primary N) is 1. The summed E-state index contributed by atoms with van der Waals surface area (Å²) >= 11 is 0. The van der Waals surface area contributed by atoms with Crippen LogP contribution in [-0.2, 0) is 9.63 Å². The van der Waals surface area contributed by atoms with Gasteiger partial charge in [-0.3, -0.25) is 4.79 Å². The van der Waals surface area contributed by atoms with Crippen molar-refractivity contribution in [3.8, 4) is 0 Å². The van der Waals surface area contributed by atoms with Crippen LogP contribution < -0.4 is 5.73 Å². The molecule has 0 radical (unpaired) electrons. The van der Waals surface area contributed by atoms with Gasteiger partial charge in [-0.2, -0.15) is 5.06 Å². The van der Waals surface area contributed by atoms with E-state index in [1.54, 1.807) is 12.2 Å². The molecule has 0 bridgehead atoms. The quantitative estimate of drug-likeness (QED) is 0.560. The molecule has 58 valence electrons. The van der Waals surface area contributed by atoms with Crippen molar-refractivity contribution in [2.45, 2.75) is 6.42 Å². The Morgan fingerprint density at radius 3 is 2.80 bits per heavy atom. The molecule has 1 unspecified atom stereocenters. The fourth-order valence-corrected chi connectivity index (χ4v) is 1.13. The topological polar surface area (TPSA) is 55.6 Å². The van der Waals surface area contributed by atoms with Crippen LogP contribution in [0.25, 0.3) is 0 Å². The molecule has 10 heavy (non-hydrogen) atoms. The number of hydroxylamine groups is 2. The van der Waals surface area contributed by atoms with Gasteiger partial charge in [0.1, 0.15) is 0 Å². The van der Waals surface area contributed by atoms with Crippen LogP contribution >= 0.6 is 0 Å². The summed E-state index contributed by atoms with van der Waals surface area (Å²) in [6.07, 6.45) is 0.823. The van der Waals surface area contributed by atoms with Crippen molar-refractivity contribution in [1.29, 1.82) is 0 Å². The average molecular weight is 144 g/mol. The summed E-state index contributed by atoms with van der Waals surface area (Å²) in [4.78, 5) is 15.5. The first-order chi connectivity index (χ1) is 4.74. The van der Waals surface area contributed by atoms with E-state index >= 15 is 0 Å². The van der Waals surface area contributed by atoms with Crippen LogP contribution in [0.1, 0.15) is 6.42 Å². The lowest BCUT2D eigenvalue weighted by Gasteiger charge is -2.10. The molecule has 0 aromatic heterocycles. The van der Waals surface area contributed by atoms with Gasteiger partial charge in [-0.25, -0.2) is 0 Å². The molecule has 0 aromatic carbocycles. The minimum atomic E-state index is -0.223. The molecule has 1 fully saturated rings. The smallest absolute Gasteiger partial charge is 0.221 e. The predicted molar refractivity (Wildman–Crippen MR) is 35.9 cm³/mol. The predicted octanol–water partition coefficient (Wildman–Crippen LogP) is -0.645. The van der Waals surface area contributed by atoms with Crippen LogP contribution in [0.15, 0.2) is 0 Å². The van der Waals surface area contributed by atoms with Gasteiger partial charge in [0.05, 0.1) is 13.0 Å². The number of primary amides is 1. The van der Waals surface area contributed by atoms with Gasteiger partial charge in [0.2, 0.25) is 5.91 Å². The normalized spacial score (nSPS) is 27.1. The van der Waals surface area contributed by atoms with E-state index in [2.05, 4.69) is 0 Å². The first-order valence-corrected chi connectivity index (χ1v) is 3.32. The molecule has 0 spiro atoms. The highest BCUT2D eigenvalue weighted by molar-refractivity contribution is 5.77. The van der Waals surface area contributed by atoms with Crippen LogP contribution in [0.3, 0.4) is 0 Å². The van der Waals surface area contributed by atoms with Gasteiger partial charge in [0.15, 0.2) is 0 Å². The highest BCUT2D eigenvalue weighted by Gasteiger charge is 2.26. The molecule has 0 aliphatic carbocycles. The van der Waals surface area contributed by atoms with E-state index in [4.69, 9.17) is 10.6 Å². The van der Waals surface area contributed by atoms with Crippen molar-refractivity contribution in [2.24, 2.45) is 11.7 Å². The maximum atomic E-state index is 10.6. The van der Waals surface area contributed by atoms with Crippen molar-refractivity contribution >= 4 is 5.91 Å². The van der Waals surface area contributed by atoms with Crippen LogP contribution in [0, 0.1) is 5.92 Å². The summed E-state index contributed by atoms with van der Waals surface area (Å²) in [6, 6.07) is 0. The number of nitrogens with zero attached hydrogens (tertiary/aromatic N) is 1. The highest BCUT2D eigenvalue weighted by Crippen LogP contribution is 2.14. The van der Waals surface area contributed by atoms with Crippen LogP contribution in [-0.4, -0.2) is 31.2 Å². The van der Waals surface area contributed by atoms with Crippen LogP contribution in [0.4, 0.5) is 0 Å². The summed E-state index contributed by atoms with van der Waals surface area (Å²) in [6.45, 7) is 1.45. The van der Waals surface area contributed by atoms with E-state index in [-0.39, 0.29) is 11.8 Å². The van der Waals surface area contributed by atoms with E-state index in [1.807, 2.05) is 0 Å². The zero-order valence-electron chi connectivity index (χ0n) is 6.04. The number of hydrogen-bond donors (Lipinski definition) is 1. The van der Waals surface area contributed by atoms with Crippen LogP contribution in [0.2, 0.25) is 0 Å². The van der Waals surface area contributed by atoms with E-state index < -0.39 is 0 Å². The van der Waals surface area contributed by atoms with Gasteiger partial charge in [-0.05, 0) is 6.42 Å². The SMILES string of the molecule is CON1CCC(C(N)=O)C1. The second kappa shape index (κ2) is 2.98. The monoisotopic (exact) mass is 144 g/mol. The molecule has 1 rings (SSSR count). The molecule has 1 aliphatic rings. The lowest BCUT2D eigenvalue weighted by Crippen LogP contribution is -2.26. The third kappa shape index (κ3) is 1.46. The number of hydrogen-bond acceptors (Lipinski definition) is 3. The van der Waals surface area contributed by atoms with Crippen molar-refractivity contribution in [3.05, 3.63) is 0 Å². The minimum Gasteiger partial charge on any atom is -0.369 e. The molecule has 0 aromatic rings. The lowest BCUT2D eigenvalue weighted by atomic mass is 10.1. The van der Waals surface area contributed by atoms with Gasteiger partial charge in [-0.15, -0.1) is 0 Å². The van der Waals surface area contributed by atoms with Crippen molar-refractivity contribution in [2.75, 3.05) is 20.2 Å². The maximum absolute atomic E-state index is 10.6.